The summed E-state index contributed by atoms with van der Waals surface area (Å²) in [7, 11) is 0. The molecule has 0 spiro atoms. The third-order valence-electron chi connectivity index (χ3n) is 2.24. The molecular weight excluding hydrogens is 188 g/mol. The number of rotatable bonds is 4. The van der Waals surface area contributed by atoms with Gasteiger partial charge in [0.05, 0.1) is 17.9 Å². The van der Waals surface area contributed by atoms with Crippen molar-refractivity contribution >= 4 is 5.69 Å². The highest BCUT2D eigenvalue weighted by Crippen LogP contribution is 2.06. The van der Waals surface area contributed by atoms with Gasteiger partial charge in [0, 0.05) is 25.1 Å². The summed E-state index contributed by atoms with van der Waals surface area (Å²) in [5, 5.41) is 7.51. The summed E-state index contributed by atoms with van der Waals surface area (Å²) in [5.41, 5.74) is 2.21. The number of hydrogen-bond acceptors (Lipinski definition) is 3. The van der Waals surface area contributed by atoms with E-state index in [9.17, 15) is 0 Å². The van der Waals surface area contributed by atoms with Crippen molar-refractivity contribution in [2.45, 2.75) is 20.0 Å². The molecule has 1 N–H and O–H groups in total. The second-order valence-corrected chi connectivity index (χ2v) is 3.23. The summed E-state index contributed by atoms with van der Waals surface area (Å²) >= 11 is 0. The number of aromatic nitrogens is 3. The zero-order valence-electron chi connectivity index (χ0n) is 8.72. The van der Waals surface area contributed by atoms with E-state index in [1.54, 1.807) is 6.20 Å². The van der Waals surface area contributed by atoms with Crippen molar-refractivity contribution in [3.63, 3.8) is 0 Å². The normalized spacial score (nSPS) is 10.2. The fourth-order valence-corrected chi connectivity index (χ4v) is 1.45. The second kappa shape index (κ2) is 4.59. The Morgan fingerprint density at radius 1 is 1.33 bits per heavy atom. The molecule has 0 aliphatic carbocycles. The van der Waals surface area contributed by atoms with Crippen molar-refractivity contribution in [3.8, 4) is 0 Å². The van der Waals surface area contributed by atoms with Gasteiger partial charge in [-0.2, -0.15) is 5.10 Å². The fraction of sp³-hybridized carbons (Fsp3) is 0.273. The van der Waals surface area contributed by atoms with Crippen LogP contribution in [-0.4, -0.2) is 14.8 Å². The Kier molecular flexibility index (Phi) is 2.97. The third kappa shape index (κ3) is 2.34. The summed E-state index contributed by atoms with van der Waals surface area (Å²) in [5.74, 6) is 0. The monoisotopic (exact) mass is 202 g/mol. The molecule has 0 aliphatic rings. The van der Waals surface area contributed by atoms with Crippen molar-refractivity contribution < 1.29 is 0 Å². The quantitative estimate of drug-likeness (QED) is 0.823. The molecule has 4 heteroatoms. The molecule has 0 aromatic carbocycles. The molecule has 2 aromatic rings. The van der Waals surface area contributed by atoms with Crippen LogP contribution in [0.3, 0.4) is 0 Å². The maximum Gasteiger partial charge on any atom is 0.0575 e. The number of pyridine rings is 1. The summed E-state index contributed by atoms with van der Waals surface area (Å²) in [6.45, 7) is 3.76. The lowest BCUT2D eigenvalue weighted by atomic mass is 10.3. The summed E-state index contributed by atoms with van der Waals surface area (Å²) in [6.07, 6.45) is 5.40. The predicted octanol–water partition coefficient (Wildman–Crippen LogP) is 1.91. The predicted molar refractivity (Wildman–Crippen MR) is 59.5 cm³/mol. The van der Waals surface area contributed by atoms with Crippen LogP contribution in [0.5, 0.6) is 0 Å². The molecule has 0 bridgehead atoms. The zero-order valence-corrected chi connectivity index (χ0v) is 8.72. The van der Waals surface area contributed by atoms with E-state index in [1.807, 2.05) is 35.3 Å². The number of nitrogens with one attached hydrogen (secondary N) is 1. The van der Waals surface area contributed by atoms with Crippen molar-refractivity contribution in [2.75, 3.05) is 5.32 Å². The molecule has 0 fully saturated rings. The first-order chi connectivity index (χ1) is 7.40. The van der Waals surface area contributed by atoms with Gasteiger partial charge in [-0.15, -0.1) is 0 Å². The molecule has 2 heterocycles. The van der Waals surface area contributed by atoms with E-state index in [0.717, 1.165) is 18.8 Å². The molecule has 0 aliphatic heterocycles. The smallest absolute Gasteiger partial charge is 0.0575 e. The minimum Gasteiger partial charge on any atom is -0.378 e. The molecule has 78 valence electrons. The number of aryl methyl sites for hydroxylation is 1. The van der Waals surface area contributed by atoms with Crippen molar-refractivity contribution in [1.29, 1.82) is 0 Å². The molecule has 2 rings (SSSR count). The first-order valence-electron chi connectivity index (χ1n) is 5.04. The highest BCUT2D eigenvalue weighted by atomic mass is 15.3. The average Bonchev–Trinajstić information content (AvgIpc) is 2.75. The van der Waals surface area contributed by atoms with Gasteiger partial charge in [-0.3, -0.25) is 9.67 Å². The first-order valence-corrected chi connectivity index (χ1v) is 5.04. The Labute approximate surface area is 89.0 Å². The highest BCUT2D eigenvalue weighted by molar-refractivity contribution is 5.39. The Hall–Kier alpha value is -1.84. The standard InChI is InChI=1S/C11H14N4/c1-2-15-11(5-7-14-15)9-13-10-4-3-6-12-8-10/h3-8,13H,2,9H2,1H3. The van der Waals surface area contributed by atoms with E-state index in [1.165, 1.54) is 5.69 Å². The number of anilines is 1. The molecule has 0 radical (unpaired) electrons. The van der Waals surface area contributed by atoms with Gasteiger partial charge in [0.2, 0.25) is 0 Å². The Morgan fingerprint density at radius 3 is 3.00 bits per heavy atom. The van der Waals surface area contributed by atoms with Crippen LogP contribution in [0.15, 0.2) is 36.8 Å². The molecule has 0 atom stereocenters. The molecular formula is C11H14N4. The van der Waals surface area contributed by atoms with Gasteiger partial charge >= 0.3 is 0 Å². The van der Waals surface area contributed by atoms with Crippen LogP contribution in [-0.2, 0) is 13.1 Å². The average molecular weight is 202 g/mol. The number of hydrogen-bond donors (Lipinski definition) is 1. The molecule has 2 aromatic heterocycles. The van der Waals surface area contributed by atoms with Crippen LogP contribution < -0.4 is 5.32 Å². The lowest BCUT2D eigenvalue weighted by Crippen LogP contribution is -2.07. The molecule has 0 saturated heterocycles. The van der Waals surface area contributed by atoms with Crippen molar-refractivity contribution in [3.05, 3.63) is 42.5 Å². The SMILES string of the molecule is CCn1nccc1CNc1cccnc1. The molecule has 0 saturated carbocycles. The Morgan fingerprint density at radius 2 is 2.27 bits per heavy atom. The van der Waals surface area contributed by atoms with Crippen molar-refractivity contribution in [2.24, 2.45) is 0 Å². The molecule has 15 heavy (non-hydrogen) atoms. The first kappa shape index (κ1) is 9.71. The van der Waals surface area contributed by atoms with Crippen LogP contribution in [0, 0.1) is 0 Å². The van der Waals surface area contributed by atoms with E-state index in [0.29, 0.717) is 0 Å². The fourth-order valence-electron chi connectivity index (χ4n) is 1.45. The van der Waals surface area contributed by atoms with Crippen LogP contribution in [0.25, 0.3) is 0 Å². The minimum absolute atomic E-state index is 0.777. The van der Waals surface area contributed by atoms with Gasteiger partial charge in [0.1, 0.15) is 0 Å². The van der Waals surface area contributed by atoms with Crippen LogP contribution in [0.2, 0.25) is 0 Å². The lowest BCUT2D eigenvalue weighted by Gasteiger charge is -2.07. The molecule has 0 amide bonds. The summed E-state index contributed by atoms with van der Waals surface area (Å²) in [6, 6.07) is 5.94. The van der Waals surface area contributed by atoms with Gasteiger partial charge in [0.25, 0.3) is 0 Å². The summed E-state index contributed by atoms with van der Waals surface area (Å²) < 4.78 is 1.98. The Balaban J connectivity index is 1.99. The van der Waals surface area contributed by atoms with E-state index in [2.05, 4.69) is 22.3 Å². The van der Waals surface area contributed by atoms with Gasteiger partial charge in [-0.1, -0.05) is 0 Å². The summed E-state index contributed by atoms with van der Waals surface area (Å²) in [4.78, 5) is 4.04. The third-order valence-corrected chi connectivity index (χ3v) is 2.24. The van der Waals surface area contributed by atoms with E-state index in [-0.39, 0.29) is 0 Å². The topological polar surface area (TPSA) is 42.7 Å². The second-order valence-electron chi connectivity index (χ2n) is 3.23. The van der Waals surface area contributed by atoms with Crippen LogP contribution in [0.4, 0.5) is 5.69 Å². The number of nitrogens with zero attached hydrogens (tertiary/aromatic N) is 3. The van der Waals surface area contributed by atoms with E-state index < -0.39 is 0 Å². The van der Waals surface area contributed by atoms with E-state index >= 15 is 0 Å². The van der Waals surface area contributed by atoms with Crippen molar-refractivity contribution in [1.82, 2.24) is 14.8 Å². The maximum atomic E-state index is 4.21. The maximum absolute atomic E-state index is 4.21. The Bertz CT molecular complexity index is 408. The van der Waals surface area contributed by atoms with Gasteiger partial charge in [-0.05, 0) is 25.1 Å². The lowest BCUT2D eigenvalue weighted by molar-refractivity contribution is 0.627. The van der Waals surface area contributed by atoms with Crippen LogP contribution in [0.1, 0.15) is 12.6 Å². The molecule has 4 nitrogen and oxygen atoms in total. The minimum atomic E-state index is 0.777. The largest absolute Gasteiger partial charge is 0.378 e. The van der Waals surface area contributed by atoms with Gasteiger partial charge in [-0.25, -0.2) is 0 Å². The van der Waals surface area contributed by atoms with Gasteiger partial charge in [0.15, 0.2) is 0 Å². The highest BCUT2D eigenvalue weighted by Gasteiger charge is 1.99. The molecule has 0 unspecified atom stereocenters. The van der Waals surface area contributed by atoms with E-state index in [4.69, 9.17) is 0 Å². The van der Waals surface area contributed by atoms with Gasteiger partial charge < -0.3 is 5.32 Å². The zero-order chi connectivity index (χ0) is 10.5. The van der Waals surface area contributed by atoms with Crippen LogP contribution >= 0.6 is 0 Å².